The fourth-order valence-electron chi connectivity index (χ4n) is 3.10. The Kier molecular flexibility index (Phi) is 5.24. The predicted octanol–water partition coefficient (Wildman–Crippen LogP) is 3.51. The van der Waals surface area contributed by atoms with E-state index in [1.807, 2.05) is 6.07 Å². The molecule has 0 aliphatic carbocycles. The second-order valence-electron chi connectivity index (χ2n) is 6.45. The van der Waals surface area contributed by atoms with E-state index in [1.54, 1.807) is 19.4 Å². The van der Waals surface area contributed by atoms with Crippen LogP contribution in [0.15, 0.2) is 18.3 Å². The van der Waals surface area contributed by atoms with Crippen LogP contribution >= 0.6 is 11.6 Å². The first-order valence-electron chi connectivity index (χ1n) is 8.22. The zero-order chi connectivity index (χ0) is 18.0. The number of nitrogens with zero attached hydrogens (tertiary/aromatic N) is 3. The first-order chi connectivity index (χ1) is 11.9. The molecule has 0 bridgehead atoms. The monoisotopic (exact) mass is 370 g/mol. The number of fused-ring (bicyclic) bond motifs is 1. The summed E-state index contributed by atoms with van der Waals surface area (Å²) >= 11 is 6.25. The number of hydrogen-bond donors (Lipinski definition) is 1. The van der Waals surface area contributed by atoms with Gasteiger partial charge in [-0.25, -0.2) is 8.78 Å². The van der Waals surface area contributed by atoms with Gasteiger partial charge in [0.05, 0.1) is 36.1 Å². The van der Waals surface area contributed by atoms with Gasteiger partial charge in [-0.15, -0.1) is 0 Å². The van der Waals surface area contributed by atoms with E-state index in [-0.39, 0.29) is 12.6 Å². The summed E-state index contributed by atoms with van der Waals surface area (Å²) in [5.41, 5.74) is 1.67. The second-order valence-corrected chi connectivity index (χ2v) is 6.85. The molecule has 136 valence electrons. The molecule has 0 spiro atoms. The summed E-state index contributed by atoms with van der Waals surface area (Å²) in [6.07, 6.45) is 3.31. The molecule has 0 amide bonds. The van der Waals surface area contributed by atoms with Crippen LogP contribution in [0.2, 0.25) is 5.02 Å². The highest BCUT2D eigenvalue weighted by atomic mass is 35.5. The molecule has 2 aromatic rings. The SMILES string of the molecule is COc1cc2nncc(N3CCC(NCC(C)(F)F)CC3)c2cc1Cl. The lowest BCUT2D eigenvalue weighted by Crippen LogP contribution is -2.45. The van der Waals surface area contributed by atoms with Gasteiger partial charge in [0, 0.05) is 37.5 Å². The van der Waals surface area contributed by atoms with Crippen molar-refractivity contribution in [1.29, 1.82) is 0 Å². The quantitative estimate of drug-likeness (QED) is 0.872. The summed E-state index contributed by atoms with van der Waals surface area (Å²) in [6, 6.07) is 3.71. The van der Waals surface area contributed by atoms with Crippen molar-refractivity contribution in [2.24, 2.45) is 0 Å². The molecule has 1 N–H and O–H groups in total. The number of anilines is 1. The van der Waals surface area contributed by atoms with Gasteiger partial charge in [0.15, 0.2) is 0 Å². The lowest BCUT2D eigenvalue weighted by Gasteiger charge is -2.34. The fraction of sp³-hybridized carbons (Fsp3) is 0.529. The van der Waals surface area contributed by atoms with E-state index in [4.69, 9.17) is 16.3 Å². The molecule has 0 radical (unpaired) electrons. The third-order valence-corrected chi connectivity index (χ3v) is 4.72. The molecule has 5 nitrogen and oxygen atoms in total. The van der Waals surface area contributed by atoms with Crippen LogP contribution < -0.4 is 15.0 Å². The molecule has 0 unspecified atom stereocenters. The molecular weight excluding hydrogens is 350 g/mol. The number of benzene rings is 1. The topological polar surface area (TPSA) is 50.3 Å². The fourth-order valence-corrected chi connectivity index (χ4v) is 3.34. The number of methoxy groups -OCH3 is 1. The second kappa shape index (κ2) is 7.25. The Bertz CT molecular complexity index is 745. The van der Waals surface area contributed by atoms with E-state index in [1.165, 1.54) is 0 Å². The van der Waals surface area contributed by atoms with Gasteiger partial charge < -0.3 is 15.0 Å². The minimum Gasteiger partial charge on any atom is -0.495 e. The summed E-state index contributed by atoms with van der Waals surface area (Å²) in [5, 5.41) is 12.6. The van der Waals surface area contributed by atoms with E-state index in [2.05, 4.69) is 20.4 Å². The van der Waals surface area contributed by atoms with Gasteiger partial charge in [-0.1, -0.05) is 11.6 Å². The number of halogens is 3. The number of ether oxygens (including phenoxy) is 1. The molecule has 1 fully saturated rings. The van der Waals surface area contributed by atoms with Crippen LogP contribution in [-0.4, -0.2) is 48.9 Å². The van der Waals surface area contributed by atoms with Crippen molar-refractivity contribution in [3.63, 3.8) is 0 Å². The third-order valence-electron chi connectivity index (χ3n) is 4.43. The highest BCUT2D eigenvalue weighted by molar-refractivity contribution is 6.33. The third kappa shape index (κ3) is 4.27. The summed E-state index contributed by atoms with van der Waals surface area (Å²) < 4.78 is 31.2. The van der Waals surface area contributed by atoms with Crippen LogP contribution in [0.3, 0.4) is 0 Å². The number of hydrogen-bond acceptors (Lipinski definition) is 5. The predicted molar refractivity (Wildman–Crippen MR) is 95.0 cm³/mol. The van der Waals surface area contributed by atoms with Gasteiger partial charge in [0.1, 0.15) is 5.75 Å². The summed E-state index contributed by atoms with van der Waals surface area (Å²) in [5.74, 6) is -2.12. The molecule has 1 aliphatic heterocycles. The Morgan fingerprint density at radius 2 is 2.08 bits per heavy atom. The molecular formula is C17H21ClF2N4O. The van der Waals surface area contributed by atoms with Crippen molar-refractivity contribution in [2.75, 3.05) is 31.6 Å². The molecule has 1 aliphatic rings. The lowest BCUT2D eigenvalue weighted by atomic mass is 10.0. The van der Waals surface area contributed by atoms with Crippen molar-refractivity contribution in [2.45, 2.75) is 31.7 Å². The summed E-state index contributed by atoms with van der Waals surface area (Å²) in [4.78, 5) is 2.20. The Morgan fingerprint density at radius 1 is 1.36 bits per heavy atom. The minimum atomic E-state index is -2.68. The van der Waals surface area contributed by atoms with Crippen LogP contribution in [-0.2, 0) is 0 Å². The number of piperidine rings is 1. The zero-order valence-corrected chi connectivity index (χ0v) is 15.0. The molecule has 3 rings (SSSR count). The van der Waals surface area contributed by atoms with Crippen molar-refractivity contribution < 1.29 is 13.5 Å². The van der Waals surface area contributed by atoms with E-state index in [0.717, 1.165) is 43.9 Å². The van der Waals surface area contributed by atoms with Gasteiger partial charge >= 0.3 is 0 Å². The van der Waals surface area contributed by atoms with Gasteiger partial charge in [0.2, 0.25) is 0 Å². The van der Waals surface area contributed by atoms with E-state index in [0.29, 0.717) is 16.3 Å². The normalized spacial score (nSPS) is 16.4. The summed E-state index contributed by atoms with van der Waals surface area (Å²) in [6.45, 7) is 2.17. The van der Waals surface area contributed by atoms with Crippen LogP contribution in [0.4, 0.5) is 14.5 Å². The van der Waals surface area contributed by atoms with Crippen LogP contribution in [0, 0.1) is 0 Å². The van der Waals surface area contributed by atoms with Crippen LogP contribution in [0.5, 0.6) is 5.75 Å². The summed E-state index contributed by atoms with van der Waals surface area (Å²) in [7, 11) is 1.56. The molecule has 1 saturated heterocycles. The van der Waals surface area contributed by atoms with Gasteiger partial charge in [-0.2, -0.15) is 10.2 Å². The minimum absolute atomic E-state index is 0.104. The van der Waals surface area contributed by atoms with E-state index < -0.39 is 5.92 Å². The average molecular weight is 371 g/mol. The van der Waals surface area contributed by atoms with Crippen LogP contribution in [0.1, 0.15) is 19.8 Å². The molecule has 25 heavy (non-hydrogen) atoms. The Balaban J connectivity index is 1.74. The van der Waals surface area contributed by atoms with Gasteiger partial charge in [-0.3, -0.25) is 0 Å². The molecule has 0 atom stereocenters. The Hall–Kier alpha value is -1.73. The lowest BCUT2D eigenvalue weighted by molar-refractivity contribution is 0.0191. The number of alkyl halides is 2. The molecule has 1 aromatic carbocycles. The molecule has 1 aromatic heterocycles. The first kappa shape index (κ1) is 18.1. The van der Waals surface area contributed by atoms with Crippen molar-refractivity contribution in [1.82, 2.24) is 15.5 Å². The number of rotatable bonds is 5. The maximum atomic E-state index is 13.0. The maximum absolute atomic E-state index is 13.0. The zero-order valence-electron chi connectivity index (χ0n) is 14.2. The van der Waals surface area contributed by atoms with E-state index >= 15 is 0 Å². The van der Waals surface area contributed by atoms with Crippen molar-refractivity contribution in [3.8, 4) is 5.75 Å². The van der Waals surface area contributed by atoms with Gasteiger partial charge in [0.25, 0.3) is 5.92 Å². The smallest absolute Gasteiger partial charge is 0.257 e. The maximum Gasteiger partial charge on any atom is 0.257 e. The number of nitrogens with one attached hydrogen (secondary N) is 1. The van der Waals surface area contributed by atoms with Crippen molar-refractivity contribution in [3.05, 3.63) is 23.4 Å². The standard InChI is InChI=1S/C17H21ClF2N4O/c1-17(19,20)10-21-11-3-5-24(6-4-11)15-9-22-23-14-8-16(25-2)13(18)7-12(14)15/h7-9,11,21H,3-6,10H2,1-2H3. The van der Waals surface area contributed by atoms with Crippen LogP contribution in [0.25, 0.3) is 10.9 Å². The largest absolute Gasteiger partial charge is 0.495 e. The van der Waals surface area contributed by atoms with Crippen molar-refractivity contribution >= 4 is 28.2 Å². The molecule has 8 heteroatoms. The Labute approximate surface area is 150 Å². The molecule has 2 heterocycles. The number of aromatic nitrogens is 2. The first-order valence-corrected chi connectivity index (χ1v) is 8.60. The highest BCUT2D eigenvalue weighted by Gasteiger charge is 2.26. The Morgan fingerprint density at radius 3 is 2.72 bits per heavy atom. The highest BCUT2D eigenvalue weighted by Crippen LogP contribution is 2.34. The van der Waals surface area contributed by atoms with E-state index in [9.17, 15) is 8.78 Å². The van der Waals surface area contributed by atoms with Gasteiger partial charge in [-0.05, 0) is 18.9 Å². The molecule has 0 saturated carbocycles. The average Bonchev–Trinajstić information content (AvgIpc) is 2.59.